The number of halogens is 1. The molecule has 0 saturated carbocycles. The second-order valence-electron chi connectivity index (χ2n) is 3.21. The highest BCUT2D eigenvalue weighted by atomic mass is 79.9. The lowest BCUT2D eigenvalue weighted by molar-refractivity contribution is 0.564. The maximum absolute atomic E-state index is 4.00. The summed E-state index contributed by atoms with van der Waals surface area (Å²) in [5.41, 5.74) is 1.03. The highest BCUT2D eigenvalue weighted by molar-refractivity contribution is 9.10. The normalized spacial score (nSPS) is 12.0. The van der Waals surface area contributed by atoms with Gasteiger partial charge >= 0.3 is 0 Å². The number of aromatic amines is 1. The van der Waals surface area contributed by atoms with E-state index >= 15 is 0 Å². The van der Waals surface area contributed by atoms with E-state index in [-0.39, 0.29) is 5.41 Å². The van der Waals surface area contributed by atoms with Crippen molar-refractivity contribution in [1.29, 1.82) is 0 Å². The van der Waals surface area contributed by atoms with Gasteiger partial charge in [0, 0.05) is 5.41 Å². The largest absolute Gasteiger partial charge is 0.197 e. The topological polar surface area (TPSA) is 41.6 Å². The van der Waals surface area contributed by atoms with E-state index in [2.05, 4.69) is 52.1 Å². The van der Waals surface area contributed by atoms with Gasteiger partial charge in [-0.05, 0) is 15.9 Å². The predicted octanol–water partition coefficient (Wildman–Crippen LogP) is 1.86. The molecule has 0 amide bonds. The van der Waals surface area contributed by atoms with E-state index in [1.54, 1.807) is 0 Å². The molecule has 0 aliphatic heterocycles. The molecule has 0 radical (unpaired) electrons. The maximum Gasteiger partial charge on any atom is 0.151 e. The second-order valence-corrected chi connectivity index (χ2v) is 3.96. The summed E-state index contributed by atoms with van der Waals surface area (Å²) in [5.74, 6) is 0. The molecule has 0 spiro atoms. The van der Waals surface area contributed by atoms with Crippen LogP contribution in [0.25, 0.3) is 0 Å². The maximum atomic E-state index is 4.00. The van der Waals surface area contributed by atoms with Gasteiger partial charge in [-0.2, -0.15) is 10.3 Å². The molecule has 0 aliphatic carbocycles. The summed E-state index contributed by atoms with van der Waals surface area (Å²) in [7, 11) is 0. The van der Waals surface area contributed by atoms with Gasteiger partial charge < -0.3 is 0 Å². The molecule has 1 rings (SSSR count). The van der Waals surface area contributed by atoms with Crippen molar-refractivity contribution in [3.63, 3.8) is 0 Å². The van der Waals surface area contributed by atoms with Crippen molar-refractivity contribution in [1.82, 2.24) is 15.4 Å². The Morgan fingerprint density at radius 2 is 1.90 bits per heavy atom. The van der Waals surface area contributed by atoms with Gasteiger partial charge in [0.15, 0.2) is 4.60 Å². The Labute approximate surface area is 68.3 Å². The SMILES string of the molecule is CC(C)(C)c1n[nH]nc1Br. The Morgan fingerprint density at radius 1 is 1.30 bits per heavy atom. The highest BCUT2D eigenvalue weighted by Gasteiger charge is 2.20. The van der Waals surface area contributed by atoms with Gasteiger partial charge in [0.1, 0.15) is 5.69 Å². The quantitative estimate of drug-likeness (QED) is 0.700. The molecule has 0 unspecified atom stereocenters. The Morgan fingerprint density at radius 3 is 2.10 bits per heavy atom. The van der Waals surface area contributed by atoms with Crippen molar-refractivity contribution in [3.8, 4) is 0 Å². The second kappa shape index (κ2) is 2.34. The molecular formula is C6H10BrN3. The van der Waals surface area contributed by atoms with Crippen molar-refractivity contribution < 1.29 is 0 Å². The minimum Gasteiger partial charge on any atom is -0.197 e. The summed E-state index contributed by atoms with van der Waals surface area (Å²) in [6.07, 6.45) is 0. The van der Waals surface area contributed by atoms with Gasteiger partial charge in [0.2, 0.25) is 0 Å². The van der Waals surface area contributed by atoms with Crippen molar-refractivity contribution in [2.24, 2.45) is 0 Å². The van der Waals surface area contributed by atoms with Gasteiger partial charge in [0.05, 0.1) is 0 Å². The number of H-pyrrole nitrogens is 1. The Bertz CT molecular complexity index is 223. The molecule has 1 aromatic heterocycles. The van der Waals surface area contributed by atoms with Crippen LogP contribution < -0.4 is 0 Å². The standard InChI is InChI=1S/C6H10BrN3/c1-6(2,3)4-5(7)9-10-8-4/h1-3H3,(H,8,9,10). The first-order valence-electron chi connectivity index (χ1n) is 3.08. The van der Waals surface area contributed by atoms with E-state index in [0.717, 1.165) is 10.3 Å². The third kappa shape index (κ3) is 1.37. The van der Waals surface area contributed by atoms with Crippen LogP contribution in [0.4, 0.5) is 0 Å². The van der Waals surface area contributed by atoms with Gasteiger partial charge in [-0.25, -0.2) is 0 Å². The first-order valence-corrected chi connectivity index (χ1v) is 3.88. The molecule has 0 aromatic carbocycles. The zero-order valence-corrected chi connectivity index (χ0v) is 7.86. The first-order chi connectivity index (χ1) is 4.52. The van der Waals surface area contributed by atoms with Crippen LogP contribution in [0.3, 0.4) is 0 Å². The Hall–Kier alpha value is -0.380. The van der Waals surface area contributed by atoms with Crippen LogP contribution in [0.15, 0.2) is 4.60 Å². The van der Waals surface area contributed by atoms with Gasteiger partial charge in [-0.15, -0.1) is 5.10 Å². The lowest BCUT2D eigenvalue weighted by Gasteiger charge is -2.13. The van der Waals surface area contributed by atoms with E-state index in [4.69, 9.17) is 0 Å². The Kier molecular flexibility index (Phi) is 1.81. The van der Waals surface area contributed by atoms with Crippen LogP contribution in [0.2, 0.25) is 0 Å². The van der Waals surface area contributed by atoms with Crippen LogP contribution in [-0.2, 0) is 5.41 Å². The average molecular weight is 204 g/mol. The van der Waals surface area contributed by atoms with E-state index in [0.29, 0.717) is 0 Å². The molecule has 1 heterocycles. The first kappa shape index (κ1) is 7.72. The van der Waals surface area contributed by atoms with E-state index in [9.17, 15) is 0 Å². The molecule has 3 nitrogen and oxygen atoms in total. The van der Waals surface area contributed by atoms with Crippen molar-refractivity contribution in [2.45, 2.75) is 26.2 Å². The molecule has 0 saturated heterocycles. The minimum absolute atomic E-state index is 0.0613. The molecule has 0 bridgehead atoms. The summed E-state index contributed by atoms with van der Waals surface area (Å²) in [6, 6.07) is 0. The fourth-order valence-corrected chi connectivity index (χ4v) is 1.46. The zero-order chi connectivity index (χ0) is 7.78. The lowest BCUT2D eigenvalue weighted by atomic mass is 9.93. The van der Waals surface area contributed by atoms with Crippen molar-refractivity contribution >= 4 is 15.9 Å². The van der Waals surface area contributed by atoms with E-state index < -0.39 is 0 Å². The van der Waals surface area contributed by atoms with Crippen LogP contribution in [0.1, 0.15) is 26.5 Å². The molecule has 0 fully saturated rings. The minimum atomic E-state index is 0.0613. The number of hydrogen-bond donors (Lipinski definition) is 1. The van der Waals surface area contributed by atoms with E-state index in [1.165, 1.54) is 0 Å². The number of nitrogens with one attached hydrogen (secondary N) is 1. The third-order valence-corrected chi connectivity index (χ3v) is 1.77. The van der Waals surface area contributed by atoms with E-state index in [1.807, 2.05) is 0 Å². The molecule has 0 aliphatic rings. The number of hydrogen-bond acceptors (Lipinski definition) is 2. The molecule has 0 atom stereocenters. The fraction of sp³-hybridized carbons (Fsp3) is 0.667. The summed E-state index contributed by atoms with van der Waals surface area (Å²) in [6.45, 7) is 6.28. The zero-order valence-electron chi connectivity index (χ0n) is 6.27. The predicted molar refractivity (Wildman–Crippen MR) is 42.8 cm³/mol. The van der Waals surface area contributed by atoms with Crippen LogP contribution in [0.5, 0.6) is 0 Å². The van der Waals surface area contributed by atoms with Crippen LogP contribution >= 0.6 is 15.9 Å². The highest BCUT2D eigenvalue weighted by Crippen LogP contribution is 2.24. The molecule has 1 N–H and O–H groups in total. The summed E-state index contributed by atoms with van der Waals surface area (Å²) < 4.78 is 0.806. The van der Waals surface area contributed by atoms with Crippen LogP contribution in [-0.4, -0.2) is 15.4 Å². The lowest BCUT2D eigenvalue weighted by Crippen LogP contribution is -2.12. The third-order valence-electron chi connectivity index (χ3n) is 1.22. The summed E-state index contributed by atoms with van der Waals surface area (Å²) >= 11 is 3.30. The van der Waals surface area contributed by atoms with Crippen molar-refractivity contribution in [2.75, 3.05) is 0 Å². The Balaban J connectivity index is 3.05. The summed E-state index contributed by atoms with van der Waals surface area (Å²) in [4.78, 5) is 0. The molecule has 56 valence electrons. The molecular weight excluding hydrogens is 194 g/mol. The number of aromatic nitrogens is 3. The van der Waals surface area contributed by atoms with Gasteiger partial charge in [-0.3, -0.25) is 0 Å². The number of nitrogens with zero attached hydrogens (tertiary/aromatic N) is 2. The average Bonchev–Trinajstić information content (AvgIpc) is 2.11. The fourth-order valence-electron chi connectivity index (χ4n) is 0.695. The van der Waals surface area contributed by atoms with Crippen molar-refractivity contribution in [3.05, 3.63) is 10.3 Å². The van der Waals surface area contributed by atoms with Gasteiger partial charge in [0.25, 0.3) is 0 Å². The molecule has 1 aromatic rings. The number of rotatable bonds is 0. The summed E-state index contributed by atoms with van der Waals surface area (Å²) in [5, 5.41) is 10.4. The smallest absolute Gasteiger partial charge is 0.151 e. The molecule has 4 heteroatoms. The molecule has 10 heavy (non-hydrogen) atoms. The van der Waals surface area contributed by atoms with Crippen LogP contribution in [0, 0.1) is 0 Å². The monoisotopic (exact) mass is 203 g/mol. The van der Waals surface area contributed by atoms with Gasteiger partial charge in [-0.1, -0.05) is 20.8 Å².